The van der Waals surface area contributed by atoms with Crippen LogP contribution in [0.2, 0.25) is 0 Å². The van der Waals surface area contributed by atoms with Crippen LogP contribution in [0.15, 0.2) is 18.2 Å². The van der Waals surface area contributed by atoms with Crippen molar-refractivity contribution in [1.82, 2.24) is 0 Å². The topological polar surface area (TPSA) is 20.2 Å². The van der Waals surface area contributed by atoms with Gasteiger partial charge in [0.2, 0.25) is 0 Å². The zero-order valence-electron chi connectivity index (χ0n) is 9.13. The lowest BCUT2D eigenvalue weighted by molar-refractivity contribution is 0.139. The summed E-state index contributed by atoms with van der Waals surface area (Å²) in [7, 11) is 0. The van der Waals surface area contributed by atoms with Crippen LogP contribution in [-0.4, -0.2) is 11.2 Å². The number of aliphatic hydroxyl groups is 1. The summed E-state index contributed by atoms with van der Waals surface area (Å²) in [5, 5.41) is 9.62. The molecule has 2 rings (SSSR count). The van der Waals surface area contributed by atoms with E-state index in [-0.39, 0.29) is 6.10 Å². The molecule has 0 aliphatic heterocycles. The summed E-state index contributed by atoms with van der Waals surface area (Å²) in [5.41, 5.74) is 0.406. The van der Waals surface area contributed by atoms with Crippen molar-refractivity contribution >= 4 is 0 Å². The Hall–Kier alpha value is -0.960. The lowest BCUT2D eigenvalue weighted by Gasteiger charge is -2.09. The van der Waals surface area contributed by atoms with Gasteiger partial charge in [0.1, 0.15) is 0 Å². The molecule has 1 aromatic rings. The van der Waals surface area contributed by atoms with E-state index in [9.17, 15) is 13.9 Å². The van der Waals surface area contributed by atoms with E-state index in [4.69, 9.17) is 0 Å². The van der Waals surface area contributed by atoms with Gasteiger partial charge < -0.3 is 5.11 Å². The van der Waals surface area contributed by atoms with Gasteiger partial charge in [0, 0.05) is 0 Å². The van der Waals surface area contributed by atoms with Crippen molar-refractivity contribution < 1.29 is 13.9 Å². The third-order valence-corrected chi connectivity index (χ3v) is 3.14. The summed E-state index contributed by atoms with van der Waals surface area (Å²) in [5.74, 6) is -1.08. The van der Waals surface area contributed by atoms with Crippen LogP contribution in [0.5, 0.6) is 0 Å². The molecule has 1 N–H and O–H groups in total. The van der Waals surface area contributed by atoms with Crippen molar-refractivity contribution in [3.8, 4) is 0 Å². The Kier molecular flexibility index (Phi) is 3.54. The lowest BCUT2D eigenvalue weighted by atomic mass is 10.0. The molecule has 0 amide bonds. The first kappa shape index (κ1) is 11.5. The number of aryl methyl sites for hydroxylation is 1. The molecule has 1 aliphatic carbocycles. The van der Waals surface area contributed by atoms with Gasteiger partial charge in [-0.15, -0.1) is 0 Å². The Bertz CT molecular complexity index is 361. The van der Waals surface area contributed by atoms with E-state index in [1.807, 2.05) is 0 Å². The van der Waals surface area contributed by atoms with Crippen LogP contribution in [0.4, 0.5) is 8.78 Å². The van der Waals surface area contributed by atoms with Gasteiger partial charge in [-0.05, 0) is 49.7 Å². The van der Waals surface area contributed by atoms with Crippen LogP contribution in [-0.2, 0) is 6.42 Å². The SMILES string of the molecule is OC(CCCc1cccc(F)c1F)C1CC1. The highest BCUT2D eigenvalue weighted by atomic mass is 19.2. The molecule has 1 atom stereocenters. The second-order valence-corrected chi connectivity index (χ2v) is 4.51. The summed E-state index contributed by atoms with van der Waals surface area (Å²) < 4.78 is 26.1. The van der Waals surface area contributed by atoms with E-state index in [1.165, 1.54) is 6.07 Å². The van der Waals surface area contributed by atoms with Gasteiger partial charge in [-0.3, -0.25) is 0 Å². The van der Waals surface area contributed by atoms with Crippen molar-refractivity contribution in [2.45, 2.75) is 38.2 Å². The lowest BCUT2D eigenvalue weighted by Crippen LogP contribution is -2.09. The summed E-state index contributed by atoms with van der Waals surface area (Å²) in [6, 6.07) is 4.24. The molecule has 1 aliphatic rings. The van der Waals surface area contributed by atoms with Crippen molar-refractivity contribution in [3.05, 3.63) is 35.4 Å². The van der Waals surface area contributed by atoms with Crippen LogP contribution in [0.3, 0.4) is 0 Å². The van der Waals surface area contributed by atoms with Gasteiger partial charge in [0.25, 0.3) is 0 Å². The third-order valence-electron chi connectivity index (χ3n) is 3.14. The van der Waals surface area contributed by atoms with E-state index in [1.54, 1.807) is 6.07 Å². The van der Waals surface area contributed by atoms with E-state index < -0.39 is 11.6 Å². The average Bonchev–Trinajstić information content (AvgIpc) is 3.07. The van der Waals surface area contributed by atoms with Crippen LogP contribution in [0.25, 0.3) is 0 Å². The predicted molar refractivity (Wildman–Crippen MR) is 58.0 cm³/mol. The minimum absolute atomic E-state index is 0.253. The Morgan fingerprint density at radius 1 is 1.31 bits per heavy atom. The summed E-state index contributed by atoms with van der Waals surface area (Å²) >= 11 is 0. The quantitative estimate of drug-likeness (QED) is 0.818. The highest BCUT2D eigenvalue weighted by Crippen LogP contribution is 2.34. The van der Waals surface area contributed by atoms with E-state index >= 15 is 0 Å². The molecular formula is C13H16F2O. The second-order valence-electron chi connectivity index (χ2n) is 4.51. The van der Waals surface area contributed by atoms with Crippen LogP contribution < -0.4 is 0 Å². The molecule has 0 aromatic heterocycles. The molecule has 1 nitrogen and oxygen atoms in total. The van der Waals surface area contributed by atoms with Crippen molar-refractivity contribution in [3.63, 3.8) is 0 Å². The van der Waals surface area contributed by atoms with Gasteiger partial charge in [-0.2, -0.15) is 0 Å². The standard InChI is InChI=1S/C13H16F2O/c14-11-5-1-3-10(13(11)15)4-2-6-12(16)9-7-8-9/h1,3,5,9,12,16H,2,4,6-8H2. The molecule has 0 bridgehead atoms. The molecule has 1 aromatic carbocycles. The summed E-state index contributed by atoms with van der Waals surface area (Å²) in [4.78, 5) is 0. The molecule has 88 valence electrons. The number of halogens is 2. The molecule has 0 radical (unpaired) electrons. The Morgan fingerprint density at radius 3 is 2.75 bits per heavy atom. The molecule has 0 spiro atoms. The van der Waals surface area contributed by atoms with Crippen LogP contribution in [0.1, 0.15) is 31.2 Å². The number of hydrogen-bond donors (Lipinski definition) is 1. The van der Waals surface area contributed by atoms with Gasteiger partial charge in [-0.1, -0.05) is 12.1 Å². The summed E-state index contributed by atoms with van der Waals surface area (Å²) in [6.45, 7) is 0. The zero-order chi connectivity index (χ0) is 11.5. The average molecular weight is 226 g/mol. The molecule has 0 saturated heterocycles. The number of aliphatic hydroxyl groups excluding tert-OH is 1. The molecule has 1 saturated carbocycles. The molecular weight excluding hydrogens is 210 g/mol. The third kappa shape index (κ3) is 2.79. The van der Waals surface area contributed by atoms with E-state index in [0.29, 0.717) is 30.7 Å². The molecule has 16 heavy (non-hydrogen) atoms. The summed E-state index contributed by atoms with van der Waals surface area (Å²) in [6.07, 6.45) is 3.84. The second kappa shape index (κ2) is 4.91. The fraction of sp³-hybridized carbons (Fsp3) is 0.538. The Balaban J connectivity index is 1.82. The maximum atomic E-state index is 13.3. The van der Waals surface area contributed by atoms with Crippen molar-refractivity contribution in [1.29, 1.82) is 0 Å². The minimum Gasteiger partial charge on any atom is -0.393 e. The van der Waals surface area contributed by atoms with Crippen LogP contribution in [0, 0.1) is 17.6 Å². The van der Waals surface area contributed by atoms with Crippen LogP contribution >= 0.6 is 0 Å². The first-order chi connectivity index (χ1) is 7.68. The Labute approximate surface area is 94.1 Å². The zero-order valence-corrected chi connectivity index (χ0v) is 9.13. The molecule has 1 unspecified atom stereocenters. The highest BCUT2D eigenvalue weighted by Gasteiger charge is 2.28. The van der Waals surface area contributed by atoms with Gasteiger partial charge in [-0.25, -0.2) is 8.78 Å². The fourth-order valence-electron chi connectivity index (χ4n) is 1.96. The Morgan fingerprint density at radius 2 is 2.06 bits per heavy atom. The molecule has 1 fully saturated rings. The van der Waals surface area contributed by atoms with Gasteiger partial charge in [0.05, 0.1) is 6.10 Å². The number of hydrogen-bond acceptors (Lipinski definition) is 1. The largest absolute Gasteiger partial charge is 0.393 e. The van der Waals surface area contributed by atoms with Gasteiger partial charge >= 0.3 is 0 Å². The van der Waals surface area contributed by atoms with E-state index in [0.717, 1.165) is 18.9 Å². The smallest absolute Gasteiger partial charge is 0.162 e. The predicted octanol–water partition coefficient (Wildman–Crippen LogP) is 3.06. The fourth-order valence-corrected chi connectivity index (χ4v) is 1.96. The first-order valence-corrected chi connectivity index (χ1v) is 5.79. The normalized spacial score (nSPS) is 17.4. The first-order valence-electron chi connectivity index (χ1n) is 5.79. The minimum atomic E-state index is -0.791. The maximum Gasteiger partial charge on any atom is 0.162 e. The highest BCUT2D eigenvalue weighted by molar-refractivity contribution is 5.18. The molecule has 3 heteroatoms. The number of rotatable bonds is 5. The van der Waals surface area contributed by atoms with Crippen molar-refractivity contribution in [2.75, 3.05) is 0 Å². The van der Waals surface area contributed by atoms with Gasteiger partial charge in [0.15, 0.2) is 11.6 Å². The van der Waals surface area contributed by atoms with Crippen molar-refractivity contribution in [2.24, 2.45) is 5.92 Å². The monoisotopic (exact) mass is 226 g/mol. The maximum absolute atomic E-state index is 13.3. The number of benzene rings is 1. The van der Waals surface area contributed by atoms with E-state index in [2.05, 4.69) is 0 Å². The molecule has 0 heterocycles.